The predicted octanol–water partition coefficient (Wildman–Crippen LogP) is 6.18. The van der Waals surface area contributed by atoms with Gasteiger partial charge in [0, 0.05) is 24.0 Å². The second-order valence-electron chi connectivity index (χ2n) is 7.48. The Morgan fingerprint density at radius 3 is 1.58 bits per heavy atom. The number of aromatic nitrogens is 2. The summed E-state index contributed by atoms with van der Waals surface area (Å²) in [5.41, 5.74) is 0.525. The van der Waals surface area contributed by atoms with Gasteiger partial charge in [0.15, 0.2) is 0 Å². The molecule has 0 amide bonds. The minimum Gasteiger partial charge on any atom is -0.423 e. The van der Waals surface area contributed by atoms with Crippen LogP contribution in [-0.4, -0.2) is 27.1 Å². The van der Waals surface area contributed by atoms with Crippen LogP contribution in [0.2, 0.25) is 5.15 Å². The molecule has 2 aromatic heterocycles. The normalized spacial score (nSPS) is 9.53. The standard InChI is InChI=1S/C9H6ClN.C9H7N.C6H7BO2.C6H6/c10-9-8-4-2-1-3-7(8)5-6-11-9;1-2-4-9-7-10-6-5-8(9)3-1;8-7(9)6-4-2-1-3-5-6;1-2-4-6-5-3-1/h1-6H;1-7H;1-5,8-9H;1-6H. The molecule has 2 heterocycles. The second kappa shape index (κ2) is 15.1. The molecule has 0 atom stereocenters. The number of hydrogen-bond acceptors (Lipinski definition) is 4. The van der Waals surface area contributed by atoms with Gasteiger partial charge in [0.05, 0.1) is 0 Å². The first-order chi connectivity index (χ1) is 17.6. The summed E-state index contributed by atoms with van der Waals surface area (Å²) >= 11 is 5.85. The fourth-order valence-corrected chi connectivity index (χ4v) is 3.35. The molecular weight excluding hydrogens is 467 g/mol. The molecule has 0 aliphatic rings. The van der Waals surface area contributed by atoms with E-state index in [1.54, 1.807) is 30.5 Å². The SMILES string of the molecule is Clc1nccc2ccccc12.OB(O)c1ccccc1.c1ccc2cnccc2c1.c1ccccc1. The van der Waals surface area contributed by atoms with Crippen LogP contribution in [0.5, 0.6) is 0 Å². The van der Waals surface area contributed by atoms with Crippen molar-refractivity contribution in [2.75, 3.05) is 0 Å². The van der Waals surface area contributed by atoms with E-state index in [-0.39, 0.29) is 0 Å². The van der Waals surface area contributed by atoms with Gasteiger partial charge in [-0.1, -0.05) is 127 Å². The van der Waals surface area contributed by atoms with Crippen molar-refractivity contribution in [2.45, 2.75) is 0 Å². The van der Waals surface area contributed by atoms with E-state index in [0.29, 0.717) is 10.6 Å². The maximum Gasteiger partial charge on any atom is 0.488 e. The average molecular weight is 493 g/mol. The van der Waals surface area contributed by atoms with Crippen LogP contribution >= 0.6 is 11.6 Å². The molecule has 2 N–H and O–H groups in total. The lowest BCUT2D eigenvalue weighted by atomic mass is 9.81. The lowest BCUT2D eigenvalue weighted by Crippen LogP contribution is -2.29. The monoisotopic (exact) mass is 492 g/mol. The minimum atomic E-state index is -1.34. The maximum absolute atomic E-state index is 8.58. The molecule has 0 saturated carbocycles. The van der Waals surface area contributed by atoms with E-state index in [1.807, 2.05) is 103 Å². The Morgan fingerprint density at radius 2 is 1.03 bits per heavy atom. The van der Waals surface area contributed by atoms with Gasteiger partial charge in [-0.25, -0.2) is 4.98 Å². The molecule has 6 heteroatoms. The van der Waals surface area contributed by atoms with Crippen LogP contribution in [0, 0.1) is 0 Å². The molecule has 0 unspecified atom stereocenters. The summed E-state index contributed by atoms with van der Waals surface area (Å²) in [6, 6.07) is 40.7. The number of pyridine rings is 2. The lowest BCUT2D eigenvalue weighted by molar-refractivity contribution is 0.426. The van der Waals surface area contributed by atoms with E-state index in [4.69, 9.17) is 21.6 Å². The lowest BCUT2D eigenvalue weighted by Gasteiger charge is -1.96. The minimum absolute atomic E-state index is 0.525. The maximum atomic E-state index is 8.58. The topological polar surface area (TPSA) is 66.2 Å². The zero-order valence-corrected chi connectivity index (χ0v) is 20.4. The molecule has 0 fully saturated rings. The van der Waals surface area contributed by atoms with Crippen molar-refractivity contribution < 1.29 is 10.0 Å². The van der Waals surface area contributed by atoms with Gasteiger partial charge in [-0.15, -0.1) is 0 Å². The Hall–Kier alpha value is -4.03. The van der Waals surface area contributed by atoms with Crippen LogP contribution in [0.1, 0.15) is 0 Å². The average Bonchev–Trinajstić information content (AvgIpc) is 2.96. The van der Waals surface area contributed by atoms with Gasteiger partial charge < -0.3 is 10.0 Å². The molecule has 0 saturated heterocycles. The third-order valence-electron chi connectivity index (χ3n) is 4.94. The highest BCUT2D eigenvalue weighted by molar-refractivity contribution is 6.58. The van der Waals surface area contributed by atoms with Crippen molar-refractivity contribution in [2.24, 2.45) is 0 Å². The quantitative estimate of drug-likeness (QED) is 0.213. The van der Waals surface area contributed by atoms with Gasteiger partial charge in [0.2, 0.25) is 0 Å². The molecule has 0 aliphatic carbocycles. The molecular formula is C30H26BClN2O2. The van der Waals surface area contributed by atoms with Gasteiger partial charge in [0.25, 0.3) is 0 Å². The second-order valence-corrected chi connectivity index (χ2v) is 7.84. The van der Waals surface area contributed by atoms with Gasteiger partial charge in [-0.05, 0) is 33.8 Å². The van der Waals surface area contributed by atoms with E-state index in [0.717, 1.165) is 10.8 Å². The predicted molar refractivity (Wildman–Crippen MR) is 151 cm³/mol. The smallest absolute Gasteiger partial charge is 0.423 e. The highest BCUT2D eigenvalue weighted by Crippen LogP contribution is 2.19. The third-order valence-corrected chi connectivity index (χ3v) is 5.24. The highest BCUT2D eigenvalue weighted by atomic mass is 35.5. The summed E-state index contributed by atoms with van der Waals surface area (Å²) in [6.07, 6.45) is 5.39. The number of nitrogens with zero attached hydrogens (tertiary/aromatic N) is 2. The summed E-state index contributed by atoms with van der Waals surface area (Å²) in [6.45, 7) is 0. The molecule has 6 aromatic rings. The Morgan fingerprint density at radius 1 is 0.528 bits per heavy atom. The Bertz CT molecular complexity index is 1340. The molecule has 0 aliphatic heterocycles. The van der Waals surface area contributed by atoms with Crippen LogP contribution in [0.4, 0.5) is 0 Å². The van der Waals surface area contributed by atoms with Crippen LogP contribution in [0.25, 0.3) is 21.5 Å². The van der Waals surface area contributed by atoms with Crippen molar-refractivity contribution in [3.63, 3.8) is 0 Å². The van der Waals surface area contributed by atoms with Gasteiger partial charge >= 0.3 is 7.12 Å². The molecule has 0 bridgehead atoms. The van der Waals surface area contributed by atoms with Crippen LogP contribution in [0.3, 0.4) is 0 Å². The number of benzene rings is 4. The Balaban J connectivity index is 0.000000136. The summed E-state index contributed by atoms with van der Waals surface area (Å²) in [5.74, 6) is 0. The van der Waals surface area contributed by atoms with Crippen molar-refractivity contribution >= 4 is 45.7 Å². The van der Waals surface area contributed by atoms with Crippen molar-refractivity contribution in [1.82, 2.24) is 9.97 Å². The molecule has 6 rings (SSSR count). The number of rotatable bonds is 1. The number of hydrogen-bond donors (Lipinski definition) is 2. The number of halogens is 1. The van der Waals surface area contributed by atoms with Crippen LogP contribution < -0.4 is 5.46 Å². The Kier molecular flexibility index (Phi) is 11.1. The van der Waals surface area contributed by atoms with E-state index < -0.39 is 7.12 Å². The van der Waals surface area contributed by atoms with Crippen LogP contribution in [-0.2, 0) is 0 Å². The fourth-order valence-electron chi connectivity index (χ4n) is 3.12. The van der Waals surface area contributed by atoms with Crippen molar-refractivity contribution in [1.29, 1.82) is 0 Å². The molecule has 0 spiro atoms. The number of fused-ring (bicyclic) bond motifs is 2. The van der Waals surface area contributed by atoms with Crippen LogP contribution in [0.15, 0.2) is 146 Å². The molecule has 178 valence electrons. The first kappa shape index (κ1) is 26.6. The van der Waals surface area contributed by atoms with Gasteiger partial charge in [0.1, 0.15) is 5.15 Å². The Labute approximate surface area is 216 Å². The molecule has 36 heavy (non-hydrogen) atoms. The summed E-state index contributed by atoms with van der Waals surface area (Å²) in [7, 11) is -1.34. The summed E-state index contributed by atoms with van der Waals surface area (Å²) < 4.78 is 0. The first-order valence-corrected chi connectivity index (χ1v) is 11.7. The van der Waals surface area contributed by atoms with Gasteiger partial charge in [-0.3, -0.25) is 4.98 Å². The van der Waals surface area contributed by atoms with Crippen molar-refractivity contribution in [3.8, 4) is 0 Å². The fraction of sp³-hybridized carbons (Fsp3) is 0. The van der Waals surface area contributed by atoms with E-state index in [1.165, 1.54) is 10.8 Å². The highest BCUT2D eigenvalue weighted by Gasteiger charge is 2.07. The zero-order chi connectivity index (χ0) is 25.4. The van der Waals surface area contributed by atoms with Gasteiger partial charge in [-0.2, -0.15) is 0 Å². The summed E-state index contributed by atoms with van der Waals surface area (Å²) in [5, 5.41) is 22.3. The zero-order valence-electron chi connectivity index (χ0n) is 19.6. The third kappa shape index (κ3) is 8.97. The van der Waals surface area contributed by atoms with E-state index in [9.17, 15) is 0 Å². The largest absolute Gasteiger partial charge is 0.488 e. The van der Waals surface area contributed by atoms with Crippen molar-refractivity contribution in [3.05, 3.63) is 151 Å². The summed E-state index contributed by atoms with van der Waals surface area (Å²) in [4.78, 5) is 7.99. The molecule has 0 radical (unpaired) electrons. The van der Waals surface area contributed by atoms with E-state index in [2.05, 4.69) is 22.1 Å². The van der Waals surface area contributed by atoms with E-state index >= 15 is 0 Å². The molecule has 4 aromatic carbocycles. The molecule has 4 nitrogen and oxygen atoms in total. The first-order valence-electron chi connectivity index (χ1n) is 11.3.